The van der Waals surface area contributed by atoms with Crippen LogP contribution in [0.15, 0.2) is 24.3 Å². The van der Waals surface area contributed by atoms with Gasteiger partial charge in [-0.15, -0.1) is 0 Å². The lowest BCUT2D eigenvalue weighted by atomic mass is 9.93. The van der Waals surface area contributed by atoms with Gasteiger partial charge in [0.05, 0.1) is 25.5 Å². The summed E-state index contributed by atoms with van der Waals surface area (Å²) in [5, 5.41) is 14.8. The second-order valence-electron chi connectivity index (χ2n) is 5.42. The molecular formula is C16H21N3O2. The predicted octanol–water partition coefficient (Wildman–Crippen LogP) is 1.77. The van der Waals surface area contributed by atoms with Gasteiger partial charge in [-0.05, 0) is 37.0 Å². The first kappa shape index (κ1) is 14.1. The topological polar surface area (TPSA) is 73.3 Å². The van der Waals surface area contributed by atoms with E-state index in [1.54, 1.807) is 7.11 Å². The summed E-state index contributed by atoms with van der Waals surface area (Å²) < 4.78 is 7.16. The maximum absolute atomic E-state index is 10.2. The molecule has 2 aromatic rings. The van der Waals surface area contributed by atoms with Crippen molar-refractivity contribution in [1.29, 1.82) is 0 Å². The minimum atomic E-state index is -0.420. The Hall–Kier alpha value is -1.85. The highest BCUT2D eigenvalue weighted by molar-refractivity contribution is 5.33. The summed E-state index contributed by atoms with van der Waals surface area (Å²) in [6.07, 6.45) is 2.33. The molecule has 5 nitrogen and oxygen atoms in total. The lowest BCUT2D eigenvalue weighted by Gasteiger charge is -2.19. The van der Waals surface area contributed by atoms with Gasteiger partial charge in [-0.1, -0.05) is 12.1 Å². The first-order valence-corrected chi connectivity index (χ1v) is 7.32. The van der Waals surface area contributed by atoms with Crippen LogP contribution >= 0.6 is 0 Å². The van der Waals surface area contributed by atoms with E-state index in [1.807, 2.05) is 28.9 Å². The molecule has 0 amide bonds. The third-order valence-electron chi connectivity index (χ3n) is 4.08. The van der Waals surface area contributed by atoms with E-state index >= 15 is 0 Å². The van der Waals surface area contributed by atoms with Crippen molar-refractivity contribution in [2.24, 2.45) is 5.73 Å². The summed E-state index contributed by atoms with van der Waals surface area (Å²) in [5.41, 5.74) is 9.84. The van der Waals surface area contributed by atoms with Crippen molar-refractivity contribution in [3.8, 4) is 5.75 Å². The minimum Gasteiger partial charge on any atom is -0.497 e. The van der Waals surface area contributed by atoms with Gasteiger partial charge in [0.25, 0.3) is 0 Å². The van der Waals surface area contributed by atoms with Gasteiger partial charge in [0.15, 0.2) is 0 Å². The minimum absolute atomic E-state index is 0.370. The standard InChI is InChI=1S/C16H21N3O2/c1-21-12-7-5-11(6-8-12)10-19-14-3-2-4-15(20)16(14)13(9-17)18-19/h5-8,15,20H,2-4,9-10,17H2,1H3. The van der Waals surface area contributed by atoms with E-state index in [4.69, 9.17) is 10.5 Å². The molecule has 0 saturated carbocycles. The number of nitrogens with two attached hydrogens (primary N) is 1. The van der Waals surface area contributed by atoms with Crippen LogP contribution in [-0.2, 0) is 19.5 Å². The fourth-order valence-corrected chi connectivity index (χ4v) is 3.01. The molecule has 1 unspecified atom stereocenters. The van der Waals surface area contributed by atoms with Gasteiger partial charge in [0.1, 0.15) is 5.75 Å². The quantitative estimate of drug-likeness (QED) is 0.899. The Balaban J connectivity index is 1.91. The van der Waals surface area contributed by atoms with E-state index in [-0.39, 0.29) is 0 Å². The molecule has 3 N–H and O–H groups in total. The van der Waals surface area contributed by atoms with E-state index in [0.29, 0.717) is 13.1 Å². The van der Waals surface area contributed by atoms with Crippen LogP contribution in [0.1, 0.15) is 41.5 Å². The van der Waals surface area contributed by atoms with Crippen LogP contribution in [0.2, 0.25) is 0 Å². The van der Waals surface area contributed by atoms with Crippen molar-refractivity contribution < 1.29 is 9.84 Å². The summed E-state index contributed by atoms with van der Waals surface area (Å²) in [7, 11) is 1.66. The first-order chi connectivity index (χ1) is 10.2. The Morgan fingerprint density at radius 1 is 1.38 bits per heavy atom. The first-order valence-electron chi connectivity index (χ1n) is 7.32. The number of methoxy groups -OCH3 is 1. The SMILES string of the molecule is COc1ccc(Cn2nc(CN)c3c2CCCC3O)cc1. The maximum Gasteiger partial charge on any atom is 0.118 e. The smallest absolute Gasteiger partial charge is 0.118 e. The highest BCUT2D eigenvalue weighted by atomic mass is 16.5. The molecule has 0 spiro atoms. The van der Waals surface area contributed by atoms with Crippen LogP contribution in [0.4, 0.5) is 0 Å². The molecule has 0 bridgehead atoms. The Morgan fingerprint density at radius 2 is 2.14 bits per heavy atom. The number of hydrogen-bond acceptors (Lipinski definition) is 4. The number of nitrogens with zero attached hydrogens (tertiary/aromatic N) is 2. The Morgan fingerprint density at radius 3 is 2.81 bits per heavy atom. The van der Waals surface area contributed by atoms with Crippen molar-refractivity contribution in [1.82, 2.24) is 9.78 Å². The monoisotopic (exact) mass is 287 g/mol. The van der Waals surface area contributed by atoms with Crippen molar-refractivity contribution in [2.75, 3.05) is 7.11 Å². The summed E-state index contributed by atoms with van der Waals surface area (Å²) in [5.74, 6) is 0.847. The zero-order chi connectivity index (χ0) is 14.8. The van der Waals surface area contributed by atoms with Crippen molar-refractivity contribution in [2.45, 2.75) is 38.5 Å². The summed E-state index contributed by atoms with van der Waals surface area (Å²) in [4.78, 5) is 0. The van der Waals surface area contributed by atoms with Gasteiger partial charge in [-0.2, -0.15) is 5.10 Å². The Bertz CT molecular complexity index is 619. The van der Waals surface area contributed by atoms with E-state index in [2.05, 4.69) is 5.10 Å². The number of aliphatic hydroxyl groups excluding tert-OH is 1. The molecule has 112 valence electrons. The summed E-state index contributed by atoms with van der Waals surface area (Å²) in [6, 6.07) is 7.97. The summed E-state index contributed by atoms with van der Waals surface area (Å²) in [6.45, 7) is 1.06. The second-order valence-corrected chi connectivity index (χ2v) is 5.42. The molecule has 0 aliphatic heterocycles. The van der Waals surface area contributed by atoms with Crippen LogP contribution < -0.4 is 10.5 Å². The molecule has 1 heterocycles. The number of ether oxygens (including phenoxy) is 1. The normalized spacial score (nSPS) is 17.6. The number of rotatable bonds is 4. The van der Waals surface area contributed by atoms with Crippen LogP contribution in [-0.4, -0.2) is 22.0 Å². The molecule has 1 aliphatic carbocycles. The van der Waals surface area contributed by atoms with Crippen LogP contribution in [0.5, 0.6) is 5.75 Å². The number of aliphatic hydroxyl groups is 1. The molecule has 1 atom stereocenters. The van der Waals surface area contributed by atoms with Crippen LogP contribution in [0, 0.1) is 0 Å². The lowest BCUT2D eigenvalue weighted by Crippen LogP contribution is -2.13. The Kier molecular flexibility index (Phi) is 3.94. The third-order valence-corrected chi connectivity index (χ3v) is 4.08. The molecule has 3 rings (SSSR count). The summed E-state index contributed by atoms with van der Waals surface area (Å²) >= 11 is 0. The number of aromatic nitrogens is 2. The lowest BCUT2D eigenvalue weighted by molar-refractivity contribution is 0.155. The number of benzene rings is 1. The molecule has 5 heteroatoms. The van der Waals surface area contributed by atoms with Crippen LogP contribution in [0.25, 0.3) is 0 Å². The molecule has 0 radical (unpaired) electrons. The molecular weight excluding hydrogens is 266 g/mol. The second kappa shape index (κ2) is 5.87. The van der Waals surface area contributed by atoms with E-state index < -0.39 is 6.10 Å². The molecule has 0 fully saturated rings. The zero-order valence-corrected chi connectivity index (χ0v) is 12.2. The number of fused-ring (bicyclic) bond motifs is 1. The molecule has 1 aromatic carbocycles. The Labute approximate surface area is 124 Å². The third kappa shape index (κ3) is 2.66. The van der Waals surface area contributed by atoms with Gasteiger partial charge < -0.3 is 15.6 Å². The van der Waals surface area contributed by atoms with Gasteiger partial charge in [-0.3, -0.25) is 4.68 Å². The number of hydrogen-bond donors (Lipinski definition) is 2. The average Bonchev–Trinajstić information content (AvgIpc) is 2.87. The van der Waals surface area contributed by atoms with E-state index in [0.717, 1.165) is 47.5 Å². The largest absolute Gasteiger partial charge is 0.497 e. The fraction of sp³-hybridized carbons (Fsp3) is 0.438. The molecule has 1 aliphatic rings. The van der Waals surface area contributed by atoms with Gasteiger partial charge in [0, 0.05) is 17.8 Å². The van der Waals surface area contributed by atoms with E-state index in [1.165, 1.54) is 0 Å². The van der Waals surface area contributed by atoms with Gasteiger partial charge >= 0.3 is 0 Å². The predicted molar refractivity (Wildman–Crippen MR) is 80.1 cm³/mol. The van der Waals surface area contributed by atoms with Gasteiger partial charge in [-0.25, -0.2) is 0 Å². The maximum atomic E-state index is 10.2. The van der Waals surface area contributed by atoms with Crippen molar-refractivity contribution in [3.63, 3.8) is 0 Å². The highest BCUT2D eigenvalue weighted by Crippen LogP contribution is 2.32. The van der Waals surface area contributed by atoms with E-state index in [9.17, 15) is 5.11 Å². The average molecular weight is 287 g/mol. The highest BCUT2D eigenvalue weighted by Gasteiger charge is 2.26. The van der Waals surface area contributed by atoms with Crippen molar-refractivity contribution >= 4 is 0 Å². The van der Waals surface area contributed by atoms with Crippen molar-refractivity contribution in [3.05, 3.63) is 46.8 Å². The molecule has 0 saturated heterocycles. The zero-order valence-electron chi connectivity index (χ0n) is 12.2. The molecule has 21 heavy (non-hydrogen) atoms. The molecule has 1 aromatic heterocycles. The van der Waals surface area contributed by atoms with Gasteiger partial charge in [0.2, 0.25) is 0 Å². The van der Waals surface area contributed by atoms with Crippen LogP contribution in [0.3, 0.4) is 0 Å². The fourth-order valence-electron chi connectivity index (χ4n) is 3.01.